The molecule has 1 heterocycles. The van der Waals surface area contributed by atoms with Gasteiger partial charge in [0.05, 0.1) is 16.5 Å². The average molecular weight is 448 g/mol. The molecule has 5 nitrogen and oxygen atoms in total. The van der Waals surface area contributed by atoms with Crippen LogP contribution in [0, 0.1) is 11.3 Å². The molecule has 0 atom stereocenters. The Labute approximate surface area is 184 Å². The summed E-state index contributed by atoms with van der Waals surface area (Å²) < 4.78 is 30.3. The van der Waals surface area contributed by atoms with Crippen LogP contribution in [0.5, 0.6) is 5.75 Å². The molecule has 0 aliphatic heterocycles. The Bertz CT molecular complexity index is 1410. The minimum absolute atomic E-state index is 0.173. The first kappa shape index (κ1) is 20.8. The highest BCUT2D eigenvalue weighted by Gasteiger charge is 2.21. The van der Waals surface area contributed by atoms with Gasteiger partial charge in [-0.3, -0.25) is 4.79 Å². The molecule has 0 bridgehead atoms. The number of nitrogens with zero attached hydrogens (tertiary/aromatic N) is 1. The molecule has 0 radical (unpaired) electrons. The van der Waals surface area contributed by atoms with E-state index in [0.717, 1.165) is 21.9 Å². The van der Waals surface area contributed by atoms with E-state index in [1.54, 1.807) is 48.5 Å². The van der Waals surface area contributed by atoms with Gasteiger partial charge in [-0.2, -0.15) is 5.26 Å². The summed E-state index contributed by atoms with van der Waals surface area (Å²) in [6, 6.07) is 22.7. The van der Waals surface area contributed by atoms with Crippen LogP contribution in [0.25, 0.3) is 10.1 Å². The molecule has 0 saturated heterocycles. The van der Waals surface area contributed by atoms with Crippen LogP contribution in [0.1, 0.15) is 26.4 Å². The molecule has 0 unspecified atom stereocenters. The Morgan fingerprint density at radius 2 is 1.68 bits per heavy atom. The van der Waals surface area contributed by atoms with Gasteiger partial charge < -0.3 is 4.74 Å². The summed E-state index contributed by atoms with van der Waals surface area (Å²) in [5, 5.41) is 9.82. The fourth-order valence-electron chi connectivity index (χ4n) is 3.13. The molecule has 7 heteroatoms. The van der Waals surface area contributed by atoms with Crippen molar-refractivity contribution in [3.8, 4) is 11.8 Å². The highest BCUT2D eigenvalue weighted by atomic mass is 32.2. The summed E-state index contributed by atoms with van der Waals surface area (Å²) in [6.07, 6.45) is 1.16. The number of ketones is 1. The average Bonchev–Trinajstić information content (AvgIpc) is 3.15. The van der Waals surface area contributed by atoms with E-state index in [2.05, 4.69) is 0 Å². The topological polar surface area (TPSA) is 84.2 Å². The van der Waals surface area contributed by atoms with Gasteiger partial charge >= 0.3 is 0 Å². The van der Waals surface area contributed by atoms with Gasteiger partial charge in [-0.15, -0.1) is 11.3 Å². The van der Waals surface area contributed by atoms with E-state index in [1.807, 2.05) is 30.3 Å². The minimum Gasteiger partial charge on any atom is -0.487 e. The van der Waals surface area contributed by atoms with Gasteiger partial charge in [0.1, 0.15) is 17.2 Å². The predicted octanol–water partition coefficient (Wildman–Crippen LogP) is 4.99. The van der Waals surface area contributed by atoms with Gasteiger partial charge in [-0.1, -0.05) is 24.3 Å². The third-order valence-electron chi connectivity index (χ3n) is 4.77. The Balaban J connectivity index is 1.66. The van der Waals surface area contributed by atoms with Crippen molar-refractivity contribution < 1.29 is 17.9 Å². The van der Waals surface area contributed by atoms with Gasteiger partial charge in [0.2, 0.25) is 5.78 Å². The number of carbonyl (C=O) groups is 1. The molecule has 0 amide bonds. The number of rotatable bonds is 6. The van der Waals surface area contributed by atoms with Crippen molar-refractivity contribution in [2.45, 2.75) is 11.5 Å². The molecule has 1 aromatic heterocycles. The molecular weight excluding hydrogens is 430 g/mol. The lowest BCUT2D eigenvalue weighted by Crippen LogP contribution is -2.03. The summed E-state index contributed by atoms with van der Waals surface area (Å²) in [6.45, 7) is 0.193. The van der Waals surface area contributed by atoms with Crippen LogP contribution in [-0.2, 0) is 16.4 Å². The maximum atomic E-state index is 13.2. The number of ether oxygens (including phenoxy) is 1. The van der Waals surface area contributed by atoms with Crippen LogP contribution in [-0.4, -0.2) is 20.5 Å². The molecule has 154 valence electrons. The zero-order valence-corrected chi connectivity index (χ0v) is 18.2. The van der Waals surface area contributed by atoms with Crippen LogP contribution in [0.4, 0.5) is 0 Å². The van der Waals surface area contributed by atoms with Crippen molar-refractivity contribution in [1.82, 2.24) is 0 Å². The fraction of sp³-hybridized carbons (Fsp3) is 0.0833. The van der Waals surface area contributed by atoms with Crippen molar-refractivity contribution in [2.24, 2.45) is 0 Å². The van der Waals surface area contributed by atoms with Crippen molar-refractivity contribution in [1.29, 1.82) is 5.26 Å². The molecule has 0 aliphatic carbocycles. The molecule has 4 rings (SSSR count). The Kier molecular flexibility index (Phi) is 5.59. The Morgan fingerprint density at radius 1 is 1.00 bits per heavy atom. The van der Waals surface area contributed by atoms with Crippen LogP contribution in [0.15, 0.2) is 77.7 Å². The summed E-state index contributed by atoms with van der Waals surface area (Å²) in [7, 11) is -3.26. The second kappa shape index (κ2) is 8.34. The first-order valence-electron chi connectivity index (χ1n) is 9.35. The number of hydrogen-bond acceptors (Lipinski definition) is 6. The van der Waals surface area contributed by atoms with E-state index in [4.69, 9.17) is 10.00 Å². The van der Waals surface area contributed by atoms with Gasteiger partial charge in [-0.05, 0) is 54.1 Å². The number of thiophene rings is 1. The third-order valence-corrected chi connectivity index (χ3v) is 7.05. The molecule has 0 fully saturated rings. The first-order valence-corrected chi connectivity index (χ1v) is 12.1. The highest BCUT2D eigenvalue weighted by Crippen LogP contribution is 2.39. The number of carbonyl (C=O) groups excluding carboxylic acids is 1. The third kappa shape index (κ3) is 4.36. The molecular formula is C24H17NO4S2. The normalized spacial score (nSPS) is 11.2. The summed E-state index contributed by atoms with van der Waals surface area (Å²) in [5.74, 6) is 0.329. The van der Waals surface area contributed by atoms with E-state index < -0.39 is 9.84 Å². The molecule has 4 aromatic rings. The molecule has 0 saturated carbocycles. The number of fused-ring (bicyclic) bond motifs is 1. The number of hydrogen-bond donors (Lipinski definition) is 0. The van der Waals surface area contributed by atoms with Crippen LogP contribution in [0.2, 0.25) is 0 Å². The smallest absolute Gasteiger partial charge is 0.206 e. The zero-order chi connectivity index (χ0) is 22.0. The van der Waals surface area contributed by atoms with Crippen LogP contribution in [0.3, 0.4) is 0 Å². The predicted molar refractivity (Wildman–Crippen MR) is 120 cm³/mol. The van der Waals surface area contributed by atoms with Crippen molar-refractivity contribution in [3.63, 3.8) is 0 Å². The van der Waals surface area contributed by atoms with E-state index in [1.165, 1.54) is 11.3 Å². The van der Waals surface area contributed by atoms with Crippen LogP contribution < -0.4 is 4.74 Å². The fourth-order valence-corrected chi connectivity index (χ4v) is 4.87. The summed E-state index contributed by atoms with van der Waals surface area (Å²) >= 11 is 1.36. The van der Waals surface area contributed by atoms with E-state index in [0.29, 0.717) is 21.8 Å². The molecule has 31 heavy (non-hydrogen) atoms. The standard InChI is InChI=1S/C24H17NO4S2/c1-31(27,28)19-12-8-17(9-13-19)15-29-23-20-4-2-3-5-21(20)30-24(23)22(26)18-10-6-16(14-25)7-11-18/h2-13H,15H2,1H3. The number of nitriles is 1. The van der Waals surface area contributed by atoms with E-state index in [9.17, 15) is 13.2 Å². The lowest BCUT2D eigenvalue weighted by Gasteiger charge is -2.09. The van der Waals surface area contributed by atoms with Gasteiger partial charge in [-0.25, -0.2) is 8.42 Å². The Morgan fingerprint density at radius 3 is 2.32 bits per heavy atom. The van der Waals surface area contributed by atoms with Crippen molar-refractivity contribution in [2.75, 3.05) is 6.26 Å². The van der Waals surface area contributed by atoms with Gasteiger partial charge in [0.25, 0.3) is 0 Å². The quantitative estimate of drug-likeness (QED) is 0.389. The molecule has 0 spiro atoms. The maximum absolute atomic E-state index is 13.2. The SMILES string of the molecule is CS(=O)(=O)c1ccc(COc2c(C(=O)c3ccc(C#N)cc3)sc3ccccc23)cc1. The second-order valence-corrected chi connectivity index (χ2v) is 10.0. The summed E-state index contributed by atoms with van der Waals surface area (Å²) in [4.78, 5) is 13.9. The van der Waals surface area contributed by atoms with Crippen molar-refractivity contribution >= 4 is 37.0 Å². The van der Waals surface area contributed by atoms with E-state index in [-0.39, 0.29) is 17.3 Å². The molecule has 3 aromatic carbocycles. The van der Waals surface area contributed by atoms with E-state index >= 15 is 0 Å². The minimum atomic E-state index is -3.26. The van der Waals surface area contributed by atoms with Gasteiger partial charge in [0.15, 0.2) is 9.84 Å². The molecule has 0 N–H and O–H groups in total. The zero-order valence-electron chi connectivity index (χ0n) is 16.5. The maximum Gasteiger partial charge on any atom is 0.206 e. The lowest BCUT2D eigenvalue weighted by atomic mass is 10.1. The monoisotopic (exact) mass is 447 g/mol. The highest BCUT2D eigenvalue weighted by molar-refractivity contribution is 7.90. The first-order chi connectivity index (χ1) is 14.9. The second-order valence-electron chi connectivity index (χ2n) is 6.98. The number of benzene rings is 3. The molecule has 0 aliphatic rings. The van der Waals surface area contributed by atoms with Crippen molar-refractivity contribution in [3.05, 3.63) is 94.4 Å². The summed E-state index contributed by atoms with van der Waals surface area (Å²) in [5.41, 5.74) is 1.76. The van der Waals surface area contributed by atoms with Crippen LogP contribution >= 0.6 is 11.3 Å². The van der Waals surface area contributed by atoms with Gasteiger partial charge in [0, 0.05) is 21.9 Å². The Hall–Kier alpha value is -3.47. The number of sulfone groups is 1. The largest absolute Gasteiger partial charge is 0.487 e. The lowest BCUT2D eigenvalue weighted by molar-refractivity contribution is 0.103.